The molecule has 0 bridgehead atoms. The molecule has 0 aliphatic heterocycles. The van der Waals surface area contributed by atoms with Crippen LogP contribution >= 0.6 is 0 Å². The maximum absolute atomic E-state index is 13.2. The Morgan fingerprint density at radius 3 is 1.86 bits per heavy atom. The summed E-state index contributed by atoms with van der Waals surface area (Å²) in [7, 11) is -4.79. The molecule has 0 amide bonds. The second-order valence-corrected chi connectivity index (χ2v) is 11.2. The van der Waals surface area contributed by atoms with Crippen molar-refractivity contribution in [1.29, 1.82) is 0 Å². The van der Waals surface area contributed by atoms with Gasteiger partial charge in [0, 0.05) is 30.1 Å². The van der Waals surface area contributed by atoms with Crippen molar-refractivity contribution < 1.29 is 26.3 Å². The van der Waals surface area contributed by atoms with Crippen molar-refractivity contribution in [2.75, 3.05) is 30.5 Å². The number of sulfone groups is 1. The van der Waals surface area contributed by atoms with Crippen LogP contribution < -0.4 is 19.5 Å². The molecule has 0 unspecified atom stereocenters. The topological polar surface area (TPSA) is 137 Å². The zero-order valence-corrected chi connectivity index (χ0v) is 20.6. The predicted molar refractivity (Wildman–Crippen MR) is 133 cm³/mol. The van der Waals surface area contributed by atoms with Gasteiger partial charge < -0.3 is 14.8 Å². The second-order valence-electron chi connectivity index (χ2n) is 7.49. The molecule has 2 N–H and O–H groups in total. The monoisotopic (exact) mass is 514 g/mol. The highest BCUT2D eigenvalue weighted by Gasteiger charge is 2.21. The fraction of sp³-hybridized carbons (Fsp3) is 0.130. The minimum Gasteiger partial charge on any atom is -0.497 e. The summed E-state index contributed by atoms with van der Waals surface area (Å²) < 4.78 is 63.2. The van der Waals surface area contributed by atoms with Crippen molar-refractivity contribution in [3.05, 3.63) is 66.7 Å². The van der Waals surface area contributed by atoms with Gasteiger partial charge in [-0.1, -0.05) is 18.2 Å². The second kappa shape index (κ2) is 9.39. The van der Waals surface area contributed by atoms with Crippen molar-refractivity contribution in [2.24, 2.45) is 0 Å². The molecular weight excluding hydrogens is 492 g/mol. The summed E-state index contributed by atoms with van der Waals surface area (Å²) in [6.45, 7) is 0. The molecule has 35 heavy (non-hydrogen) atoms. The molecule has 3 aromatic carbocycles. The molecule has 4 rings (SSSR count). The minimum absolute atomic E-state index is 0.0738. The highest BCUT2D eigenvalue weighted by Crippen LogP contribution is 2.31. The molecule has 0 atom stereocenters. The van der Waals surface area contributed by atoms with Crippen molar-refractivity contribution in [1.82, 2.24) is 9.97 Å². The summed E-state index contributed by atoms with van der Waals surface area (Å²) in [5.41, 5.74) is 1.51. The Bertz CT molecular complexity index is 1600. The van der Waals surface area contributed by atoms with Crippen LogP contribution in [-0.2, 0) is 19.9 Å². The molecule has 12 heteroatoms. The van der Waals surface area contributed by atoms with E-state index in [2.05, 4.69) is 20.0 Å². The maximum Gasteiger partial charge on any atom is 0.263 e. The number of methoxy groups -OCH3 is 2. The van der Waals surface area contributed by atoms with Crippen molar-refractivity contribution in [3.63, 3.8) is 0 Å². The fourth-order valence-electron chi connectivity index (χ4n) is 3.23. The number of nitrogens with zero attached hydrogens (tertiary/aromatic N) is 2. The van der Waals surface area contributed by atoms with E-state index < -0.39 is 19.9 Å². The van der Waals surface area contributed by atoms with E-state index in [1.807, 2.05) is 0 Å². The SMILES string of the molecule is COc1cc(Nc2nc3ccccc3nc2NS(=O)(=O)c2cccc(S(C)(=O)=O)c2)cc(OC)c1. The van der Waals surface area contributed by atoms with Crippen LogP contribution in [0.25, 0.3) is 11.0 Å². The van der Waals surface area contributed by atoms with E-state index >= 15 is 0 Å². The zero-order chi connectivity index (χ0) is 25.2. The van der Waals surface area contributed by atoms with Crippen molar-refractivity contribution in [3.8, 4) is 11.5 Å². The highest BCUT2D eigenvalue weighted by molar-refractivity contribution is 7.93. The van der Waals surface area contributed by atoms with E-state index in [4.69, 9.17) is 9.47 Å². The van der Waals surface area contributed by atoms with E-state index in [1.54, 1.807) is 42.5 Å². The lowest BCUT2D eigenvalue weighted by atomic mass is 10.2. The lowest BCUT2D eigenvalue weighted by Gasteiger charge is -2.15. The number of nitrogens with one attached hydrogen (secondary N) is 2. The average molecular weight is 515 g/mol. The van der Waals surface area contributed by atoms with Gasteiger partial charge in [-0.15, -0.1) is 0 Å². The first kappa shape index (κ1) is 24.2. The summed E-state index contributed by atoms with van der Waals surface area (Å²) in [6, 6.07) is 17.1. The Morgan fingerprint density at radius 1 is 0.714 bits per heavy atom. The number of para-hydroxylation sites is 2. The Labute approximate surface area is 202 Å². The van der Waals surface area contributed by atoms with Gasteiger partial charge in [-0.05, 0) is 30.3 Å². The van der Waals surface area contributed by atoms with Crippen LogP contribution in [0.15, 0.2) is 76.5 Å². The van der Waals surface area contributed by atoms with Crippen LogP contribution in [0.3, 0.4) is 0 Å². The van der Waals surface area contributed by atoms with Gasteiger partial charge in [0.25, 0.3) is 10.0 Å². The first-order valence-electron chi connectivity index (χ1n) is 10.2. The van der Waals surface area contributed by atoms with Crippen LogP contribution in [0.4, 0.5) is 17.3 Å². The molecule has 4 aromatic rings. The Hall–Kier alpha value is -3.90. The maximum atomic E-state index is 13.2. The van der Waals surface area contributed by atoms with E-state index in [1.165, 1.54) is 32.4 Å². The standard InChI is InChI=1S/C23H22N4O6S2/c1-32-16-11-15(12-17(13-16)33-2)24-22-23(26-21-10-5-4-9-20(21)25-22)27-35(30,31)19-8-6-7-18(14-19)34(3,28)29/h4-14H,1-3H3,(H,24,25)(H,26,27). The minimum atomic E-state index is -4.21. The molecule has 182 valence electrons. The van der Waals surface area contributed by atoms with Gasteiger partial charge >= 0.3 is 0 Å². The summed E-state index contributed by atoms with van der Waals surface area (Å²) in [5.74, 6) is 1.08. The molecule has 1 aromatic heterocycles. The molecule has 0 spiro atoms. The van der Waals surface area contributed by atoms with Gasteiger partial charge in [-0.25, -0.2) is 26.8 Å². The fourth-order valence-corrected chi connectivity index (χ4v) is 5.03. The number of hydrogen-bond donors (Lipinski definition) is 2. The lowest BCUT2D eigenvalue weighted by molar-refractivity contribution is 0.395. The molecule has 0 aliphatic rings. The van der Waals surface area contributed by atoms with E-state index in [0.717, 1.165) is 12.3 Å². The number of hydrogen-bond acceptors (Lipinski definition) is 9. The predicted octanol–water partition coefficient (Wildman–Crippen LogP) is 3.59. The number of sulfonamides is 1. The van der Waals surface area contributed by atoms with Crippen LogP contribution in [0.5, 0.6) is 11.5 Å². The number of benzene rings is 3. The van der Waals surface area contributed by atoms with Gasteiger partial charge in [-0.2, -0.15) is 0 Å². The Balaban J connectivity index is 1.80. The first-order chi connectivity index (χ1) is 16.6. The molecule has 0 saturated heterocycles. The lowest BCUT2D eigenvalue weighted by Crippen LogP contribution is -2.16. The third kappa shape index (κ3) is 5.44. The number of ether oxygens (including phenoxy) is 2. The molecule has 0 saturated carbocycles. The Kier molecular flexibility index (Phi) is 6.50. The molecule has 0 radical (unpaired) electrons. The van der Waals surface area contributed by atoms with E-state index in [-0.39, 0.29) is 21.4 Å². The van der Waals surface area contributed by atoms with Gasteiger partial charge in [0.15, 0.2) is 21.5 Å². The largest absolute Gasteiger partial charge is 0.497 e. The highest BCUT2D eigenvalue weighted by atomic mass is 32.2. The van der Waals surface area contributed by atoms with Gasteiger partial charge in [0.05, 0.1) is 35.0 Å². The number of aromatic nitrogens is 2. The van der Waals surface area contributed by atoms with Gasteiger partial charge in [0.1, 0.15) is 11.5 Å². The quantitative estimate of drug-likeness (QED) is 0.361. The molecule has 10 nitrogen and oxygen atoms in total. The van der Waals surface area contributed by atoms with Crippen LogP contribution in [0.2, 0.25) is 0 Å². The van der Waals surface area contributed by atoms with Crippen LogP contribution in [0, 0.1) is 0 Å². The molecule has 0 fully saturated rings. The van der Waals surface area contributed by atoms with Crippen LogP contribution in [-0.4, -0.2) is 47.3 Å². The van der Waals surface area contributed by atoms with Crippen molar-refractivity contribution >= 4 is 48.2 Å². The zero-order valence-electron chi connectivity index (χ0n) is 19.0. The molecule has 1 heterocycles. The normalized spacial score (nSPS) is 11.7. The van der Waals surface area contributed by atoms with E-state index in [9.17, 15) is 16.8 Å². The average Bonchev–Trinajstić information content (AvgIpc) is 2.83. The smallest absolute Gasteiger partial charge is 0.263 e. The third-order valence-electron chi connectivity index (χ3n) is 4.96. The summed E-state index contributed by atoms with van der Waals surface area (Å²) in [4.78, 5) is 8.63. The van der Waals surface area contributed by atoms with Gasteiger partial charge in [0.2, 0.25) is 0 Å². The van der Waals surface area contributed by atoms with E-state index in [0.29, 0.717) is 28.2 Å². The van der Waals surface area contributed by atoms with Crippen LogP contribution in [0.1, 0.15) is 0 Å². The molecule has 0 aliphatic carbocycles. The number of rotatable bonds is 8. The number of fused-ring (bicyclic) bond motifs is 1. The summed E-state index contributed by atoms with van der Waals surface area (Å²) >= 11 is 0. The Morgan fingerprint density at radius 2 is 1.29 bits per heavy atom. The number of anilines is 3. The summed E-state index contributed by atoms with van der Waals surface area (Å²) in [5, 5.41) is 3.07. The molecular formula is C23H22N4O6S2. The third-order valence-corrected chi connectivity index (χ3v) is 7.41. The van der Waals surface area contributed by atoms with Gasteiger partial charge in [-0.3, -0.25) is 4.72 Å². The first-order valence-corrected chi connectivity index (χ1v) is 13.6. The van der Waals surface area contributed by atoms with Crippen molar-refractivity contribution in [2.45, 2.75) is 9.79 Å². The summed E-state index contributed by atoms with van der Waals surface area (Å²) in [6.07, 6.45) is 1.01.